The predicted molar refractivity (Wildman–Crippen MR) is 349 cm³/mol. The van der Waals surface area contributed by atoms with E-state index in [2.05, 4.69) is 127 Å². The maximum absolute atomic E-state index is 12.3. The van der Waals surface area contributed by atoms with Crippen LogP contribution in [-0.2, 0) is 74.6 Å². The van der Waals surface area contributed by atoms with E-state index in [1.807, 2.05) is 146 Å². The number of nitrogens with one attached hydrogen (secondary N) is 4. The predicted octanol–water partition coefficient (Wildman–Crippen LogP) is 13.2. The van der Waals surface area contributed by atoms with Crippen molar-refractivity contribution in [2.75, 3.05) is 43.9 Å². The number of hydrogen-bond donors (Lipinski definition) is 6. The van der Waals surface area contributed by atoms with Crippen molar-refractivity contribution in [1.82, 2.24) is 0 Å². The number of alkyl halides is 4. The Morgan fingerprint density at radius 1 is 0.471 bits per heavy atom. The summed E-state index contributed by atoms with van der Waals surface area (Å²) in [5.74, 6) is 0.317. The summed E-state index contributed by atoms with van der Waals surface area (Å²) < 4.78 is 16.4. The standard InChI is InChI=1S/C18H17NO2.2C11H11NO2.C10H12Br2O.C8H7NO.C7H7Br.C3H5BrO/c20-17-18(15-8-4-5-9-16(15)19-17)10-14(11-18)21-12-13-6-2-1-3-7-13;2*13-7-5-11(6-7)8-3-1-2-4-9(8)12-10(11)14;11-6-10(7-12)13-8-9-4-2-1-3-5-9;10-8-5-6-3-1-2-4-7(6)9-8;8-6-7-4-2-1-3-5-7;4-1-3-2-5-3/h1-9,14H,10-12H2,(H,19,20);2*1-4,7,13H,5-6H2,(H,12,14);1-5,10H,6-8H2;1-4H,5H2,(H,9,10);1-5H,6H2;3H,1-2H2. The van der Waals surface area contributed by atoms with Crippen LogP contribution in [0.4, 0.5) is 22.7 Å². The molecule has 444 valence electrons. The third-order valence-corrected chi connectivity index (χ3v) is 18.9. The molecule has 1 atom stereocenters. The van der Waals surface area contributed by atoms with Gasteiger partial charge in [-0.05, 0) is 102 Å². The van der Waals surface area contributed by atoms with Gasteiger partial charge < -0.3 is 45.7 Å². The Balaban J connectivity index is 0.000000123. The zero-order valence-electron chi connectivity index (χ0n) is 46.9. The van der Waals surface area contributed by atoms with Gasteiger partial charge in [0, 0.05) is 44.1 Å². The molecule has 7 aromatic carbocycles. The number of carbonyl (C=O) groups excluding carboxylic acids is 4. The molecule has 0 radical (unpaired) electrons. The Labute approximate surface area is 530 Å². The lowest BCUT2D eigenvalue weighted by Gasteiger charge is -2.43. The van der Waals surface area contributed by atoms with Crippen molar-refractivity contribution in [2.24, 2.45) is 0 Å². The summed E-state index contributed by atoms with van der Waals surface area (Å²) in [6, 6.07) is 61.8. The molecule has 0 aromatic heterocycles. The van der Waals surface area contributed by atoms with Gasteiger partial charge in [0.1, 0.15) is 0 Å². The van der Waals surface area contributed by atoms with Crippen LogP contribution >= 0.6 is 63.7 Å². The molecule has 4 amide bonds. The molecule has 7 aromatic rings. The molecular weight excluding hydrogens is 1340 g/mol. The molecule has 13 nitrogen and oxygen atoms in total. The van der Waals surface area contributed by atoms with E-state index in [0.717, 1.165) is 85.8 Å². The van der Waals surface area contributed by atoms with E-state index in [-0.39, 0.29) is 53.5 Å². The fourth-order valence-corrected chi connectivity index (χ4v) is 13.5. The first kappa shape index (κ1) is 63.6. The number of amides is 4. The second kappa shape index (κ2) is 30.2. The summed E-state index contributed by atoms with van der Waals surface area (Å²) >= 11 is 13.4. The van der Waals surface area contributed by atoms with Crippen molar-refractivity contribution in [3.05, 3.63) is 227 Å². The number of aliphatic hydroxyl groups is 2. The number of halogens is 4. The normalized spacial score (nSPS) is 23.8. The van der Waals surface area contributed by atoms with E-state index >= 15 is 0 Å². The van der Waals surface area contributed by atoms with E-state index in [0.29, 0.717) is 51.4 Å². The molecule has 8 aliphatic rings. The van der Waals surface area contributed by atoms with Crippen LogP contribution in [0.15, 0.2) is 188 Å². The zero-order chi connectivity index (χ0) is 59.8. The van der Waals surface area contributed by atoms with Gasteiger partial charge in [-0.15, -0.1) is 0 Å². The van der Waals surface area contributed by atoms with Gasteiger partial charge >= 0.3 is 0 Å². The van der Waals surface area contributed by atoms with Crippen LogP contribution in [0.25, 0.3) is 0 Å². The van der Waals surface area contributed by atoms with Crippen LogP contribution in [0.3, 0.4) is 0 Å². The molecule has 3 aliphatic carbocycles. The van der Waals surface area contributed by atoms with Crippen LogP contribution in [0.1, 0.15) is 77.5 Å². The summed E-state index contributed by atoms with van der Waals surface area (Å²) in [4.78, 5) is 46.6. The summed E-state index contributed by atoms with van der Waals surface area (Å²) in [6.07, 6.45) is 4.70. The first-order chi connectivity index (χ1) is 41.3. The van der Waals surface area contributed by atoms with Crippen molar-refractivity contribution >= 4 is 110 Å². The quantitative estimate of drug-likeness (QED) is 0.0572. The summed E-state index contributed by atoms with van der Waals surface area (Å²) in [7, 11) is 0. The average Bonchev–Trinajstić information content (AvgIpc) is 1.69. The van der Waals surface area contributed by atoms with Crippen LogP contribution in [0, 0.1) is 0 Å². The van der Waals surface area contributed by atoms with E-state index < -0.39 is 10.8 Å². The Bertz CT molecular complexity index is 3230. The number of epoxide rings is 1. The van der Waals surface area contributed by atoms with Gasteiger partial charge in [-0.25, -0.2) is 0 Å². The van der Waals surface area contributed by atoms with Crippen LogP contribution in [0.5, 0.6) is 0 Å². The van der Waals surface area contributed by atoms with Gasteiger partial charge in [0.15, 0.2) is 0 Å². The van der Waals surface area contributed by atoms with E-state index in [9.17, 15) is 29.4 Å². The van der Waals surface area contributed by atoms with Crippen molar-refractivity contribution in [3.63, 3.8) is 0 Å². The number of benzene rings is 7. The Kier molecular flexibility index (Phi) is 22.6. The molecule has 0 bridgehead atoms. The van der Waals surface area contributed by atoms with Gasteiger partial charge in [0.2, 0.25) is 23.6 Å². The second-order valence-electron chi connectivity index (χ2n) is 22.0. The fourth-order valence-electron chi connectivity index (χ4n) is 11.3. The number of rotatable bonds is 10. The molecule has 4 fully saturated rings. The van der Waals surface area contributed by atoms with Crippen molar-refractivity contribution in [1.29, 1.82) is 0 Å². The van der Waals surface area contributed by atoms with Crippen molar-refractivity contribution < 1.29 is 43.6 Å². The van der Waals surface area contributed by atoms with Gasteiger partial charge in [0.05, 0.1) is 73.0 Å². The van der Waals surface area contributed by atoms with Crippen LogP contribution in [0.2, 0.25) is 0 Å². The second-order valence-corrected chi connectivity index (χ2v) is 24.5. The maximum atomic E-state index is 12.3. The topological polar surface area (TPSA) is 188 Å². The summed E-state index contributed by atoms with van der Waals surface area (Å²) in [5, 5.41) is 33.8. The number of aliphatic hydroxyl groups excluding tert-OH is 2. The van der Waals surface area contributed by atoms with E-state index in [1.165, 1.54) is 16.7 Å². The van der Waals surface area contributed by atoms with Crippen LogP contribution in [-0.4, -0.2) is 87.0 Å². The molecule has 15 rings (SSSR count). The molecule has 1 unspecified atom stereocenters. The van der Waals surface area contributed by atoms with Crippen LogP contribution < -0.4 is 21.3 Å². The lowest BCUT2D eigenvalue weighted by molar-refractivity contribution is -0.132. The smallest absolute Gasteiger partial charge is 0.235 e. The molecule has 1 saturated heterocycles. The summed E-state index contributed by atoms with van der Waals surface area (Å²) in [6.45, 7) is 2.26. The number of anilines is 4. The highest BCUT2D eigenvalue weighted by atomic mass is 79.9. The molecule has 3 spiro atoms. The lowest BCUT2D eigenvalue weighted by atomic mass is 9.63. The Morgan fingerprint density at radius 3 is 1.21 bits per heavy atom. The number of fused-ring (bicyclic) bond motifs is 7. The largest absolute Gasteiger partial charge is 0.393 e. The summed E-state index contributed by atoms with van der Waals surface area (Å²) in [5.41, 5.74) is 10.6. The highest BCUT2D eigenvalue weighted by Crippen LogP contribution is 2.53. The number of ether oxygens (including phenoxy) is 3. The zero-order valence-corrected chi connectivity index (χ0v) is 53.3. The van der Waals surface area contributed by atoms with Gasteiger partial charge in [-0.2, -0.15) is 0 Å². The molecule has 85 heavy (non-hydrogen) atoms. The molecule has 3 saturated carbocycles. The first-order valence-corrected chi connectivity index (χ1v) is 33.0. The highest BCUT2D eigenvalue weighted by molar-refractivity contribution is 9.10. The molecule has 5 aliphatic heterocycles. The number of hydrogen-bond acceptors (Lipinski definition) is 9. The van der Waals surface area contributed by atoms with Gasteiger partial charge in [-0.3, -0.25) is 19.2 Å². The number of para-hydroxylation sites is 4. The minimum Gasteiger partial charge on any atom is -0.393 e. The molecular formula is C68H70Br4N4O9. The molecule has 6 N–H and O–H groups in total. The Hall–Kier alpha value is -5.86. The molecule has 17 heteroatoms. The van der Waals surface area contributed by atoms with E-state index in [4.69, 9.17) is 14.2 Å². The van der Waals surface area contributed by atoms with Crippen molar-refractivity contribution in [2.45, 2.75) is 110 Å². The third kappa shape index (κ3) is 15.8. The Morgan fingerprint density at radius 2 is 0.847 bits per heavy atom. The highest BCUT2D eigenvalue weighted by Gasteiger charge is 2.57. The van der Waals surface area contributed by atoms with Gasteiger partial charge in [-0.1, -0.05) is 228 Å². The average molecular weight is 1410 g/mol. The van der Waals surface area contributed by atoms with Crippen molar-refractivity contribution in [3.8, 4) is 0 Å². The minimum absolute atomic E-state index is 0.0454. The first-order valence-electron chi connectivity index (χ1n) is 28.5. The monoisotopic (exact) mass is 1400 g/mol. The van der Waals surface area contributed by atoms with Gasteiger partial charge in [0.25, 0.3) is 0 Å². The molecule has 5 heterocycles. The van der Waals surface area contributed by atoms with E-state index in [1.54, 1.807) is 0 Å². The lowest BCUT2D eigenvalue weighted by Crippen LogP contribution is -2.50. The third-order valence-electron chi connectivity index (χ3n) is 16.1. The fraction of sp³-hybridized carbons (Fsp3) is 0.324. The minimum atomic E-state index is -0.421. The maximum Gasteiger partial charge on any atom is 0.235 e. The SMILES string of the molecule is BrCC(CBr)OCc1ccccc1.BrCC1CO1.BrCc1ccccc1.O=C1Cc2ccccc2N1.O=C1Nc2ccccc2C12CC(O)C2.O=C1Nc2ccccc2C12CC(O)C2.O=C1Nc2ccccc2C12CC(OCc1ccccc1)C2. The number of carbonyl (C=O) groups is 4.